The quantitative estimate of drug-likeness (QED) is 0.865. The summed E-state index contributed by atoms with van der Waals surface area (Å²) in [7, 11) is 0. The molecular formula is C16H21N3O2. The molecule has 2 fully saturated rings. The predicted octanol–water partition coefficient (Wildman–Crippen LogP) is 2.13. The molecule has 5 nitrogen and oxygen atoms in total. The van der Waals surface area contributed by atoms with E-state index < -0.39 is 0 Å². The normalized spacial score (nSPS) is 24.0. The lowest BCUT2D eigenvalue weighted by Gasteiger charge is -2.34. The second-order valence-corrected chi connectivity index (χ2v) is 5.89. The zero-order valence-corrected chi connectivity index (χ0v) is 12.2. The highest BCUT2D eigenvalue weighted by molar-refractivity contribution is 5.74. The van der Waals surface area contributed by atoms with Crippen LogP contribution in [0, 0.1) is 0 Å². The fourth-order valence-electron chi connectivity index (χ4n) is 3.19. The van der Waals surface area contributed by atoms with Crippen molar-refractivity contribution >= 4 is 17.1 Å². The average molecular weight is 287 g/mol. The van der Waals surface area contributed by atoms with Crippen LogP contribution < -0.4 is 4.90 Å². The largest absolute Gasteiger partial charge is 0.423 e. The van der Waals surface area contributed by atoms with E-state index in [2.05, 4.69) is 14.8 Å². The van der Waals surface area contributed by atoms with E-state index in [1.54, 1.807) is 0 Å². The minimum Gasteiger partial charge on any atom is -0.423 e. The monoisotopic (exact) mass is 287 g/mol. The van der Waals surface area contributed by atoms with Gasteiger partial charge in [-0.15, -0.1) is 0 Å². The van der Waals surface area contributed by atoms with Crippen LogP contribution in [0.25, 0.3) is 11.1 Å². The zero-order valence-electron chi connectivity index (χ0n) is 12.2. The van der Waals surface area contributed by atoms with Crippen molar-refractivity contribution in [2.45, 2.75) is 18.9 Å². The van der Waals surface area contributed by atoms with Crippen LogP contribution in [-0.2, 0) is 4.74 Å². The van der Waals surface area contributed by atoms with Crippen molar-refractivity contribution in [2.24, 2.45) is 0 Å². The van der Waals surface area contributed by atoms with Gasteiger partial charge < -0.3 is 14.1 Å². The summed E-state index contributed by atoms with van der Waals surface area (Å²) in [5, 5.41) is 0. The number of aromatic nitrogens is 1. The summed E-state index contributed by atoms with van der Waals surface area (Å²) in [6.07, 6.45) is 2.87. The first kappa shape index (κ1) is 13.1. The van der Waals surface area contributed by atoms with E-state index in [0.717, 1.165) is 56.4 Å². The van der Waals surface area contributed by atoms with Crippen molar-refractivity contribution in [3.63, 3.8) is 0 Å². The lowest BCUT2D eigenvalue weighted by molar-refractivity contribution is 0.0710. The molecule has 2 aliphatic rings. The number of oxazole rings is 1. The van der Waals surface area contributed by atoms with Crippen LogP contribution in [0.15, 0.2) is 28.7 Å². The molecule has 0 aliphatic carbocycles. The second kappa shape index (κ2) is 5.66. The molecule has 2 saturated heterocycles. The molecular weight excluding hydrogens is 266 g/mol. The van der Waals surface area contributed by atoms with Crippen molar-refractivity contribution in [1.29, 1.82) is 0 Å². The first-order valence-electron chi connectivity index (χ1n) is 7.83. The van der Waals surface area contributed by atoms with Gasteiger partial charge in [0.15, 0.2) is 5.58 Å². The van der Waals surface area contributed by atoms with Crippen molar-refractivity contribution in [2.75, 3.05) is 44.2 Å². The summed E-state index contributed by atoms with van der Waals surface area (Å²) in [4.78, 5) is 9.32. The number of ether oxygens (including phenoxy) is 1. The van der Waals surface area contributed by atoms with E-state index in [1.165, 1.54) is 12.8 Å². The van der Waals surface area contributed by atoms with Gasteiger partial charge in [0.25, 0.3) is 6.01 Å². The summed E-state index contributed by atoms with van der Waals surface area (Å²) >= 11 is 0. The van der Waals surface area contributed by atoms with Gasteiger partial charge in [-0.2, -0.15) is 4.98 Å². The van der Waals surface area contributed by atoms with Crippen LogP contribution in [0.2, 0.25) is 0 Å². The Morgan fingerprint density at radius 1 is 1.14 bits per heavy atom. The van der Waals surface area contributed by atoms with Gasteiger partial charge in [0.1, 0.15) is 5.52 Å². The molecule has 0 spiro atoms. The maximum Gasteiger partial charge on any atom is 0.298 e. The van der Waals surface area contributed by atoms with Gasteiger partial charge in [0.05, 0.1) is 6.10 Å². The third kappa shape index (κ3) is 2.76. The summed E-state index contributed by atoms with van der Waals surface area (Å²) in [5.41, 5.74) is 1.81. The van der Waals surface area contributed by atoms with Crippen molar-refractivity contribution in [1.82, 2.24) is 9.88 Å². The minimum absolute atomic E-state index is 0.445. The highest BCUT2D eigenvalue weighted by Crippen LogP contribution is 2.23. The molecule has 1 atom stereocenters. The molecule has 2 aliphatic heterocycles. The first-order valence-corrected chi connectivity index (χ1v) is 7.83. The van der Waals surface area contributed by atoms with E-state index in [1.807, 2.05) is 24.3 Å². The number of hydrogen-bond donors (Lipinski definition) is 0. The van der Waals surface area contributed by atoms with E-state index in [-0.39, 0.29) is 0 Å². The molecule has 1 aromatic carbocycles. The average Bonchev–Trinajstić information content (AvgIpc) is 3.16. The van der Waals surface area contributed by atoms with Crippen LogP contribution in [0.4, 0.5) is 6.01 Å². The molecule has 2 aromatic rings. The Labute approximate surface area is 124 Å². The molecule has 4 rings (SSSR count). The van der Waals surface area contributed by atoms with Crippen LogP contribution in [0.3, 0.4) is 0 Å². The third-order valence-corrected chi connectivity index (χ3v) is 4.41. The standard InChI is InChI=1S/C16H21N3O2/c1-2-6-15-14(5-1)17-16(21-15)19-9-7-18(8-10-19)12-13-4-3-11-20-13/h1-2,5-6,13H,3-4,7-12H2/t13-/m1/s1. The molecule has 5 heteroatoms. The topological polar surface area (TPSA) is 41.7 Å². The number of nitrogens with zero attached hydrogens (tertiary/aromatic N) is 3. The van der Waals surface area contributed by atoms with Gasteiger partial charge in [-0.25, -0.2) is 0 Å². The van der Waals surface area contributed by atoms with Crippen molar-refractivity contribution in [3.8, 4) is 0 Å². The molecule has 112 valence electrons. The highest BCUT2D eigenvalue weighted by Gasteiger charge is 2.24. The molecule has 0 N–H and O–H groups in total. The molecule has 0 radical (unpaired) electrons. The SMILES string of the molecule is c1ccc2oc(N3CCN(C[C@H]4CCCO4)CC3)nc2c1. The van der Waals surface area contributed by atoms with Crippen molar-refractivity contribution < 1.29 is 9.15 Å². The smallest absolute Gasteiger partial charge is 0.298 e. The fourth-order valence-corrected chi connectivity index (χ4v) is 3.19. The van der Waals surface area contributed by atoms with E-state index in [9.17, 15) is 0 Å². The summed E-state index contributed by atoms with van der Waals surface area (Å²) < 4.78 is 11.6. The fraction of sp³-hybridized carbons (Fsp3) is 0.562. The van der Waals surface area contributed by atoms with Gasteiger partial charge in [-0.1, -0.05) is 12.1 Å². The number of para-hydroxylation sites is 2. The lowest BCUT2D eigenvalue weighted by Crippen LogP contribution is -2.48. The van der Waals surface area contributed by atoms with Crippen LogP contribution in [0.5, 0.6) is 0 Å². The summed E-state index contributed by atoms with van der Waals surface area (Å²) in [6.45, 7) is 6.06. The van der Waals surface area contributed by atoms with Gasteiger partial charge in [-0.3, -0.25) is 4.90 Å². The molecule has 1 aromatic heterocycles. The van der Waals surface area contributed by atoms with E-state index >= 15 is 0 Å². The van der Waals surface area contributed by atoms with Gasteiger partial charge in [0.2, 0.25) is 0 Å². The number of benzene rings is 1. The Bertz CT molecular complexity index is 565. The number of rotatable bonds is 3. The van der Waals surface area contributed by atoms with Crippen LogP contribution >= 0.6 is 0 Å². The molecule has 0 bridgehead atoms. The van der Waals surface area contributed by atoms with Gasteiger partial charge in [-0.05, 0) is 25.0 Å². The molecule has 3 heterocycles. The first-order chi connectivity index (χ1) is 10.4. The lowest BCUT2D eigenvalue weighted by atomic mass is 10.2. The molecule has 0 saturated carbocycles. The molecule has 21 heavy (non-hydrogen) atoms. The second-order valence-electron chi connectivity index (χ2n) is 5.89. The molecule has 0 amide bonds. The Hall–Kier alpha value is -1.59. The predicted molar refractivity (Wildman–Crippen MR) is 81.6 cm³/mol. The molecule has 0 unspecified atom stereocenters. The third-order valence-electron chi connectivity index (χ3n) is 4.41. The minimum atomic E-state index is 0.445. The maximum atomic E-state index is 5.85. The maximum absolute atomic E-state index is 5.85. The Morgan fingerprint density at radius 2 is 2.00 bits per heavy atom. The van der Waals surface area contributed by atoms with Crippen molar-refractivity contribution in [3.05, 3.63) is 24.3 Å². The Kier molecular flexibility index (Phi) is 3.53. The summed E-state index contributed by atoms with van der Waals surface area (Å²) in [6, 6.07) is 8.70. The number of fused-ring (bicyclic) bond motifs is 1. The highest BCUT2D eigenvalue weighted by atomic mass is 16.5. The van der Waals surface area contributed by atoms with E-state index in [4.69, 9.17) is 9.15 Å². The number of hydrogen-bond acceptors (Lipinski definition) is 5. The van der Waals surface area contributed by atoms with Crippen LogP contribution in [-0.4, -0.2) is 55.3 Å². The van der Waals surface area contributed by atoms with Crippen LogP contribution in [0.1, 0.15) is 12.8 Å². The Balaban J connectivity index is 1.38. The summed E-state index contributed by atoms with van der Waals surface area (Å²) in [5.74, 6) is 0. The number of piperazine rings is 1. The van der Waals surface area contributed by atoms with Gasteiger partial charge in [0, 0.05) is 39.3 Å². The van der Waals surface area contributed by atoms with Gasteiger partial charge >= 0.3 is 0 Å². The number of anilines is 1. The Morgan fingerprint density at radius 3 is 2.76 bits per heavy atom. The van der Waals surface area contributed by atoms with E-state index in [0.29, 0.717) is 6.10 Å². The zero-order chi connectivity index (χ0) is 14.1.